The number of anilines is 2. The lowest BCUT2D eigenvalue weighted by molar-refractivity contribution is -0.132. The Bertz CT molecular complexity index is 630. The Hall–Kier alpha value is -1.54. The number of fused-ring (bicyclic) bond motifs is 1. The molecule has 4 rings (SSSR count). The molecule has 3 aliphatic rings. The highest BCUT2D eigenvalue weighted by atomic mass is 32.2. The van der Waals surface area contributed by atoms with E-state index in [0.29, 0.717) is 13.1 Å². The predicted octanol–water partition coefficient (Wildman–Crippen LogP) is 0.560. The van der Waals surface area contributed by atoms with Crippen LogP contribution in [0.15, 0.2) is 6.33 Å². The fourth-order valence-electron chi connectivity index (χ4n) is 3.97. The molecule has 0 saturated carbocycles. The third-order valence-corrected chi connectivity index (χ3v) is 6.25. The van der Waals surface area contributed by atoms with Gasteiger partial charge in [-0.1, -0.05) is 0 Å². The number of amides is 1. The fourth-order valence-corrected chi connectivity index (χ4v) is 4.87. The Morgan fingerprint density at radius 3 is 2.76 bits per heavy atom. The van der Waals surface area contributed by atoms with Gasteiger partial charge in [0, 0.05) is 44.2 Å². The second-order valence-electron chi connectivity index (χ2n) is 6.98. The van der Waals surface area contributed by atoms with Crippen molar-refractivity contribution in [2.24, 2.45) is 0 Å². The van der Waals surface area contributed by atoms with E-state index >= 15 is 0 Å². The molecule has 1 atom stereocenters. The largest absolute Gasteiger partial charge is 0.355 e. The normalized spacial score (nSPS) is 24.9. The SMILES string of the molecule is CN1CC(=O)N(C2CCCNC2)Cc2c1ncnc2N1CCSCC1. The van der Waals surface area contributed by atoms with Crippen molar-refractivity contribution in [1.82, 2.24) is 20.2 Å². The smallest absolute Gasteiger partial charge is 0.242 e. The number of thioether (sulfide) groups is 1. The van der Waals surface area contributed by atoms with Gasteiger partial charge in [-0.3, -0.25) is 4.79 Å². The zero-order valence-corrected chi connectivity index (χ0v) is 15.6. The molecule has 0 radical (unpaired) electrons. The number of piperidine rings is 1. The van der Waals surface area contributed by atoms with Gasteiger partial charge in [-0.25, -0.2) is 9.97 Å². The number of likely N-dealkylation sites (N-methyl/N-ethyl adjacent to an activating group) is 1. The van der Waals surface area contributed by atoms with E-state index in [9.17, 15) is 4.79 Å². The third kappa shape index (κ3) is 3.42. The van der Waals surface area contributed by atoms with Crippen molar-refractivity contribution in [2.75, 3.05) is 61.1 Å². The molecule has 25 heavy (non-hydrogen) atoms. The fraction of sp³-hybridized carbons (Fsp3) is 0.706. The lowest BCUT2D eigenvalue weighted by atomic mass is 10.0. The van der Waals surface area contributed by atoms with Crippen molar-refractivity contribution in [3.63, 3.8) is 0 Å². The summed E-state index contributed by atoms with van der Waals surface area (Å²) in [7, 11) is 1.96. The van der Waals surface area contributed by atoms with Crippen LogP contribution in [0.1, 0.15) is 18.4 Å². The minimum absolute atomic E-state index is 0.189. The number of nitrogens with one attached hydrogen (secondary N) is 1. The van der Waals surface area contributed by atoms with Crippen LogP contribution in [0.3, 0.4) is 0 Å². The number of nitrogens with zero attached hydrogens (tertiary/aromatic N) is 5. The summed E-state index contributed by atoms with van der Waals surface area (Å²) < 4.78 is 0. The quantitative estimate of drug-likeness (QED) is 0.825. The van der Waals surface area contributed by atoms with Gasteiger partial charge >= 0.3 is 0 Å². The van der Waals surface area contributed by atoms with Crippen LogP contribution in [0, 0.1) is 0 Å². The molecule has 1 aromatic heterocycles. The summed E-state index contributed by atoms with van der Waals surface area (Å²) in [5.41, 5.74) is 1.10. The molecule has 1 unspecified atom stereocenters. The van der Waals surface area contributed by atoms with Crippen molar-refractivity contribution in [2.45, 2.75) is 25.4 Å². The Balaban J connectivity index is 1.68. The van der Waals surface area contributed by atoms with Gasteiger partial charge < -0.3 is 20.0 Å². The van der Waals surface area contributed by atoms with Gasteiger partial charge in [0.05, 0.1) is 18.7 Å². The average molecular weight is 363 g/mol. The molecular formula is C17H26N6OS. The van der Waals surface area contributed by atoms with Crippen LogP contribution in [0.25, 0.3) is 0 Å². The summed E-state index contributed by atoms with van der Waals surface area (Å²) >= 11 is 1.99. The van der Waals surface area contributed by atoms with Crippen LogP contribution in [0.5, 0.6) is 0 Å². The van der Waals surface area contributed by atoms with E-state index in [1.54, 1.807) is 6.33 Å². The van der Waals surface area contributed by atoms with Crippen molar-refractivity contribution in [1.29, 1.82) is 0 Å². The molecule has 0 aromatic carbocycles. The maximum Gasteiger partial charge on any atom is 0.242 e. The van der Waals surface area contributed by atoms with Gasteiger partial charge in [-0.2, -0.15) is 11.8 Å². The summed E-state index contributed by atoms with van der Waals surface area (Å²) in [5.74, 6) is 4.37. The molecule has 0 spiro atoms. The first-order chi connectivity index (χ1) is 12.2. The van der Waals surface area contributed by atoms with Gasteiger partial charge in [0.1, 0.15) is 18.0 Å². The van der Waals surface area contributed by atoms with Crippen molar-refractivity contribution in [3.05, 3.63) is 11.9 Å². The van der Waals surface area contributed by atoms with E-state index in [4.69, 9.17) is 0 Å². The molecule has 4 heterocycles. The maximum absolute atomic E-state index is 12.9. The Kier molecular flexibility index (Phi) is 4.98. The Morgan fingerprint density at radius 1 is 1.20 bits per heavy atom. The highest BCUT2D eigenvalue weighted by Gasteiger charge is 2.33. The molecule has 1 aromatic rings. The maximum atomic E-state index is 12.9. The molecule has 1 amide bonds. The summed E-state index contributed by atoms with van der Waals surface area (Å²) in [5, 5.41) is 3.43. The summed E-state index contributed by atoms with van der Waals surface area (Å²) in [4.78, 5) is 28.4. The predicted molar refractivity (Wildman–Crippen MR) is 101 cm³/mol. The third-order valence-electron chi connectivity index (χ3n) is 5.30. The van der Waals surface area contributed by atoms with E-state index in [0.717, 1.165) is 67.7 Å². The number of rotatable bonds is 2. The molecule has 2 fully saturated rings. The molecule has 136 valence electrons. The lowest BCUT2D eigenvalue weighted by Gasteiger charge is -2.35. The van der Waals surface area contributed by atoms with E-state index in [2.05, 4.69) is 25.1 Å². The average Bonchev–Trinajstić information content (AvgIpc) is 2.79. The van der Waals surface area contributed by atoms with Crippen molar-refractivity contribution >= 4 is 29.3 Å². The lowest BCUT2D eigenvalue weighted by Crippen LogP contribution is -2.49. The first-order valence-electron chi connectivity index (χ1n) is 9.12. The number of hydrogen-bond donors (Lipinski definition) is 1. The van der Waals surface area contributed by atoms with Crippen LogP contribution < -0.4 is 15.1 Å². The highest BCUT2D eigenvalue weighted by molar-refractivity contribution is 7.99. The van der Waals surface area contributed by atoms with Crippen molar-refractivity contribution < 1.29 is 4.79 Å². The molecule has 3 aliphatic heterocycles. The molecule has 1 N–H and O–H groups in total. The van der Waals surface area contributed by atoms with E-state index in [1.165, 1.54) is 0 Å². The Labute approximate surface area is 153 Å². The molecule has 8 heteroatoms. The zero-order chi connectivity index (χ0) is 17.2. The number of carbonyl (C=O) groups excluding carboxylic acids is 1. The standard InChI is InChI=1S/C17H26N6OS/c1-21-11-15(24)23(13-3-2-4-18-9-13)10-14-16(21)19-12-20-17(14)22-5-7-25-8-6-22/h12-13,18H,2-11H2,1H3. The molecular weight excluding hydrogens is 336 g/mol. The van der Waals surface area contributed by atoms with Gasteiger partial charge in [-0.15, -0.1) is 0 Å². The van der Waals surface area contributed by atoms with Crippen LogP contribution in [0.2, 0.25) is 0 Å². The van der Waals surface area contributed by atoms with Gasteiger partial charge in [-0.05, 0) is 19.4 Å². The second-order valence-corrected chi connectivity index (χ2v) is 8.20. The summed E-state index contributed by atoms with van der Waals surface area (Å²) in [6.07, 6.45) is 3.84. The number of carbonyl (C=O) groups is 1. The van der Waals surface area contributed by atoms with Crippen LogP contribution in [-0.2, 0) is 11.3 Å². The number of aromatic nitrogens is 2. The van der Waals surface area contributed by atoms with Gasteiger partial charge in [0.2, 0.25) is 5.91 Å². The molecule has 0 bridgehead atoms. The Morgan fingerprint density at radius 2 is 2.00 bits per heavy atom. The molecule has 0 aliphatic carbocycles. The van der Waals surface area contributed by atoms with Crippen LogP contribution in [-0.4, -0.2) is 78.1 Å². The monoisotopic (exact) mass is 362 g/mol. The van der Waals surface area contributed by atoms with Gasteiger partial charge in [0.15, 0.2) is 0 Å². The molecule has 7 nitrogen and oxygen atoms in total. The van der Waals surface area contributed by atoms with E-state index in [-0.39, 0.29) is 11.9 Å². The summed E-state index contributed by atoms with van der Waals surface area (Å²) in [6.45, 7) is 4.96. The topological polar surface area (TPSA) is 64.6 Å². The van der Waals surface area contributed by atoms with Crippen LogP contribution >= 0.6 is 11.8 Å². The molecule has 2 saturated heterocycles. The van der Waals surface area contributed by atoms with E-state index in [1.807, 2.05) is 23.7 Å². The first kappa shape index (κ1) is 16.9. The first-order valence-corrected chi connectivity index (χ1v) is 10.3. The van der Waals surface area contributed by atoms with Crippen LogP contribution in [0.4, 0.5) is 11.6 Å². The summed E-state index contributed by atoms with van der Waals surface area (Å²) in [6, 6.07) is 0.269. The van der Waals surface area contributed by atoms with Gasteiger partial charge in [0.25, 0.3) is 0 Å². The second kappa shape index (κ2) is 7.37. The zero-order valence-electron chi connectivity index (χ0n) is 14.8. The number of hydrogen-bond acceptors (Lipinski definition) is 7. The minimum atomic E-state index is 0.189. The minimum Gasteiger partial charge on any atom is -0.355 e. The highest BCUT2D eigenvalue weighted by Crippen LogP contribution is 2.32. The van der Waals surface area contributed by atoms with E-state index < -0.39 is 0 Å². The van der Waals surface area contributed by atoms with Crippen molar-refractivity contribution in [3.8, 4) is 0 Å².